The molecular formula is C9H13N7. The number of hydrazine groups is 1. The maximum absolute atomic E-state index is 5.25. The molecule has 2 heterocycles. The highest BCUT2D eigenvalue weighted by atomic mass is 15.3. The molecule has 0 aliphatic heterocycles. The van der Waals surface area contributed by atoms with Crippen LogP contribution >= 0.6 is 0 Å². The van der Waals surface area contributed by atoms with E-state index < -0.39 is 0 Å². The quantitative estimate of drug-likeness (QED) is 0.499. The third-order valence-corrected chi connectivity index (χ3v) is 2.19. The van der Waals surface area contributed by atoms with Crippen molar-refractivity contribution >= 4 is 11.6 Å². The standard InChI is InChI=1S/C9H13N7/c1-16-7(2-3-14-16)5-11-8-4-9(15-10)13-6-12-8/h2-4,6H,5,10H2,1H3,(H2,11,12,13,15). The van der Waals surface area contributed by atoms with Crippen molar-refractivity contribution in [1.82, 2.24) is 19.7 Å². The first-order valence-corrected chi connectivity index (χ1v) is 4.79. The zero-order valence-corrected chi connectivity index (χ0v) is 8.88. The Bertz CT molecular complexity index is 464. The van der Waals surface area contributed by atoms with E-state index in [-0.39, 0.29) is 0 Å². The second kappa shape index (κ2) is 4.58. The Morgan fingerprint density at radius 1 is 1.38 bits per heavy atom. The number of hydrogen-bond donors (Lipinski definition) is 3. The van der Waals surface area contributed by atoms with E-state index in [1.807, 2.05) is 13.1 Å². The van der Waals surface area contributed by atoms with Crippen molar-refractivity contribution in [3.8, 4) is 0 Å². The van der Waals surface area contributed by atoms with Crippen LogP contribution in [0.1, 0.15) is 5.69 Å². The van der Waals surface area contributed by atoms with Crippen LogP contribution in [0, 0.1) is 0 Å². The fourth-order valence-electron chi connectivity index (χ4n) is 1.29. The number of nitrogens with zero attached hydrogens (tertiary/aromatic N) is 4. The van der Waals surface area contributed by atoms with Crippen molar-refractivity contribution in [2.45, 2.75) is 6.54 Å². The number of nitrogens with two attached hydrogens (primary N) is 1. The third-order valence-electron chi connectivity index (χ3n) is 2.19. The van der Waals surface area contributed by atoms with Gasteiger partial charge in [0.25, 0.3) is 0 Å². The first kappa shape index (κ1) is 10.4. The van der Waals surface area contributed by atoms with Crippen LogP contribution in [-0.2, 0) is 13.6 Å². The van der Waals surface area contributed by atoms with Crippen molar-refractivity contribution in [2.24, 2.45) is 12.9 Å². The van der Waals surface area contributed by atoms with Crippen LogP contribution in [0.2, 0.25) is 0 Å². The Hall–Kier alpha value is -2.15. The van der Waals surface area contributed by atoms with Gasteiger partial charge in [-0.2, -0.15) is 5.10 Å². The largest absolute Gasteiger partial charge is 0.364 e. The molecule has 0 fully saturated rings. The summed E-state index contributed by atoms with van der Waals surface area (Å²) in [5.41, 5.74) is 3.53. The molecule has 2 rings (SSSR count). The van der Waals surface area contributed by atoms with Crippen LogP contribution in [-0.4, -0.2) is 19.7 Å². The van der Waals surface area contributed by atoms with E-state index in [4.69, 9.17) is 5.84 Å². The molecule has 7 heteroatoms. The summed E-state index contributed by atoms with van der Waals surface area (Å²) < 4.78 is 1.80. The Morgan fingerprint density at radius 3 is 2.88 bits per heavy atom. The average molecular weight is 219 g/mol. The van der Waals surface area contributed by atoms with Crippen molar-refractivity contribution < 1.29 is 0 Å². The molecule has 7 nitrogen and oxygen atoms in total. The number of aryl methyl sites for hydroxylation is 1. The van der Waals surface area contributed by atoms with Gasteiger partial charge in [-0.25, -0.2) is 15.8 Å². The second-order valence-corrected chi connectivity index (χ2v) is 3.23. The van der Waals surface area contributed by atoms with Gasteiger partial charge >= 0.3 is 0 Å². The molecule has 0 bridgehead atoms. The predicted octanol–water partition coefficient (Wildman–Crippen LogP) is 0.108. The van der Waals surface area contributed by atoms with E-state index in [0.717, 1.165) is 5.69 Å². The minimum atomic E-state index is 0.572. The van der Waals surface area contributed by atoms with Crippen LogP contribution < -0.4 is 16.6 Å². The van der Waals surface area contributed by atoms with Crippen LogP contribution in [0.3, 0.4) is 0 Å². The number of nitrogens with one attached hydrogen (secondary N) is 2. The molecule has 2 aromatic rings. The maximum atomic E-state index is 5.25. The molecule has 0 aromatic carbocycles. The summed E-state index contributed by atoms with van der Waals surface area (Å²) >= 11 is 0. The van der Waals surface area contributed by atoms with Crippen molar-refractivity contribution in [1.29, 1.82) is 0 Å². The Balaban J connectivity index is 2.02. The summed E-state index contributed by atoms with van der Waals surface area (Å²) in [7, 11) is 1.89. The van der Waals surface area contributed by atoms with Gasteiger partial charge in [0.2, 0.25) is 0 Å². The molecular weight excluding hydrogens is 206 g/mol. The van der Waals surface area contributed by atoms with E-state index in [9.17, 15) is 0 Å². The number of anilines is 2. The third kappa shape index (κ3) is 2.26. The molecule has 16 heavy (non-hydrogen) atoms. The van der Waals surface area contributed by atoms with E-state index in [0.29, 0.717) is 18.2 Å². The molecule has 0 unspecified atom stereocenters. The van der Waals surface area contributed by atoms with Crippen LogP contribution in [0.25, 0.3) is 0 Å². The van der Waals surface area contributed by atoms with Gasteiger partial charge in [0, 0.05) is 19.3 Å². The van der Waals surface area contributed by atoms with E-state index in [1.54, 1.807) is 16.9 Å². The van der Waals surface area contributed by atoms with Crippen LogP contribution in [0.5, 0.6) is 0 Å². The summed E-state index contributed by atoms with van der Waals surface area (Å²) in [5, 5.41) is 7.23. The summed E-state index contributed by atoms with van der Waals surface area (Å²) in [5.74, 6) is 6.54. The van der Waals surface area contributed by atoms with Gasteiger partial charge in [-0.05, 0) is 6.07 Å². The summed E-state index contributed by atoms with van der Waals surface area (Å²) in [4.78, 5) is 7.98. The predicted molar refractivity (Wildman–Crippen MR) is 60.4 cm³/mol. The van der Waals surface area contributed by atoms with Gasteiger partial charge < -0.3 is 10.7 Å². The Labute approximate surface area is 92.7 Å². The topological polar surface area (TPSA) is 93.7 Å². The van der Waals surface area contributed by atoms with Gasteiger partial charge in [-0.1, -0.05) is 0 Å². The average Bonchev–Trinajstić information content (AvgIpc) is 2.72. The molecule has 0 spiro atoms. The number of hydrogen-bond acceptors (Lipinski definition) is 6. The highest BCUT2D eigenvalue weighted by Crippen LogP contribution is 2.08. The fraction of sp³-hybridized carbons (Fsp3) is 0.222. The molecule has 0 atom stereocenters. The lowest BCUT2D eigenvalue weighted by Gasteiger charge is -2.06. The Kier molecular flexibility index (Phi) is 2.97. The van der Waals surface area contributed by atoms with Gasteiger partial charge in [-0.3, -0.25) is 4.68 Å². The number of nitrogen functional groups attached to an aromatic ring is 1. The minimum Gasteiger partial charge on any atom is -0.364 e. The zero-order valence-electron chi connectivity index (χ0n) is 8.88. The van der Waals surface area contributed by atoms with Crippen molar-refractivity contribution in [3.63, 3.8) is 0 Å². The molecule has 4 N–H and O–H groups in total. The summed E-state index contributed by atoms with van der Waals surface area (Å²) in [6, 6.07) is 3.67. The summed E-state index contributed by atoms with van der Waals surface area (Å²) in [6.45, 7) is 0.650. The first-order chi connectivity index (χ1) is 7.79. The monoisotopic (exact) mass is 219 g/mol. The summed E-state index contributed by atoms with van der Waals surface area (Å²) in [6.07, 6.45) is 3.20. The highest BCUT2D eigenvalue weighted by molar-refractivity contribution is 5.45. The van der Waals surface area contributed by atoms with Gasteiger partial charge in [0.1, 0.15) is 18.0 Å². The van der Waals surface area contributed by atoms with Crippen LogP contribution in [0.4, 0.5) is 11.6 Å². The van der Waals surface area contributed by atoms with E-state index in [1.165, 1.54) is 6.33 Å². The molecule has 0 saturated heterocycles. The van der Waals surface area contributed by atoms with Gasteiger partial charge in [0.05, 0.1) is 12.2 Å². The maximum Gasteiger partial charge on any atom is 0.145 e. The second-order valence-electron chi connectivity index (χ2n) is 3.23. The van der Waals surface area contributed by atoms with E-state index in [2.05, 4.69) is 25.8 Å². The number of aromatic nitrogens is 4. The SMILES string of the molecule is Cn1nccc1CNc1cc(NN)ncn1. The molecule has 2 aromatic heterocycles. The molecule has 0 saturated carbocycles. The zero-order chi connectivity index (χ0) is 11.4. The molecule has 0 radical (unpaired) electrons. The lowest BCUT2D eigenvalue weighted by molar-refractivity contribution is 0.720. The van der Waals surface area contributed by atoms with Gasteiger partial charge in [0.15, 0.2) is 0 Å². The molecule has 0 aliphatic rings. The first-order valence-electron chi connectivity index (χ1n) is 4.79. The fourth-order valence-corrected chi connectivity index (χ4v) is 1.29. The van der Waals surface area contributed by atoms with Crippen molar-refractivity contribution in [3.05, 3.63) is 30.4 Å². The normalized spacial score (nSPS) is 10.1. The molecule has 0 aliphatic carbocycles. The Morgan fingerprint density at radius 2 is 2.19 bits per heavy atom. The highest BCUT2D eigenvalue weighted by Gasteiger charge is 2.00. The van der Waals surface area contributed by atoms with E-state index >= 15 is 0 Å². The lowest BCUT2D eigenvalue weighted by atomic mass is 10.4. The van der Waals surface area contributed by atoms with Crippen LogP contribution in [0.15, 0.2) is 24.7 Å². The van der Waals surface area contributed by atoms with Crippen molar-refractivity contribution in [2.75, 3.05) is 10.7 Å². The smallest absolute Gasteiger partial charge is 0.145 e. The molecule has 0 amide bonds. The van der Waals surface area contributed by atoms with Gasteiger partial charge in [-0.15, -0.1) is 0 Å². The minimum absolute atomic E-state index is 0.572. The number of rotatable bonds is 4. The molecule has 84 valence electrons. The lowest BCUT2D eigenvalue weighted by Crippen LogP contribution is -2.10.